The number of ether oxygens (including phenoxy) is 4. The molecule has 0 radical (unpaired) electrons. The van der Waals surface area contributed by atoms with Crippen molar-refractivity contribution in [2.24, 2.45) is 0 Å². The van der Waals surface area contributed by atoms with Crippen LogP contribution in [0.3, 0.4) is 0 Å². The molecule has 0 saturated heterocycles. The van der Waals surface area contributed by atoms with Crippen molar-refractivity contribution in [3.63, 3.8) is 0 Å². The minimum Gasteiger partial charge on any atom is -0.497 e. The van der Waals surface area contributed by atoms with Crippen LogP contribution in [0.4, 0.5) is 0 Å². The van der Waals surface area contributed by atoms with Crippen LogP contribution in [0.25, 0.3) is 11.0 Å². The number of nitrogens with zero attached hydrogens (tertiary/aromatic N) is 1. The lowest BCUT2D eigenvalue weighted by Crippen LogP contribution is -2.33. The highest BCUT2D eigenvalue weighted by molar-refractivity contribution is 5.83. The predicted molar refractivity (Wildman–Crippen MR) is 133 cm³/mol. The van der Waals surface area contributed by atoms with E-state index in [4.69, 9.17) is 23.4 Å². The van der Waals surface area contributed by atoms with Crippen LogP contribution in [0.5, 0.6) is 28.7 Å². The van der Waals surface area contributed by atoms with E-state index in [-0.39, 0.29) is 11.2 Å². The van der Waals surface area contributed by atoms with Crippen molar-refractivity contribution < 1.29 is 23.4 Å². The normalized spacial score (nSPS) is 13.2. The van der Waals surface area contributed by atoms with Gasteiger partial charge >= 0.3 is 0 Å². The molecule has 0 unspecified atom stereocenters. The van der Waals surface area contributed by atoms with Crippen LogP contribution in [0.1, 0.15) is 18.1 Å². The van der Waals surface area contributed by atoms with Gasteiger partial charge in [0.2, 0.25) is 11.2 Å². The fourth-order valence-electron chi connectivity index (χ4n) is 4.16. The first-order valence-electron chi connectivity index (χ1n) is 11.6. The molecule has 2 heterocycles. The first-order valence-corrected chi connectivity index (χ1v) is 11.6. The van der Waals surface area contributed by atoms with Crippen molar-refractivity contribution in [3.05, 3.63) is 88.3 Å². The molecule has 0 spiro atoms. The molecule has 7 heteroatoms. The molecule has 1 aliphatic heterocycles. The third kappa shape index (κ3) is 4.81. The Morgan fingerprint density at radius 3 is 2.54 bits per heavy atom. The molecule has 180 valence electrons. The molecule has 0 atom stereocenters. The SMILES string of the molecule is CCOc1ccccc1Oc1coc2c3c(ccc2c1=O)OCN(CCc1ccc(OC)cc1)C3. The number of benzene rings is 3. The smallest absolute Gasteiger partial charge is 0.235 e. The highest BCUT2D eigenvalue weighted by Gasteiger charge is 2.23. The maximum atomic E-state index is 13.2. The molecule has 0 amide bonds. The number of fused-ring (bicyclic) bond motifs is 3. The highest BCUT2D eigenvalue weighted by atomic mass is 16.5. The standard InChI is InChI=1S/C28H27NO6/c1-3-32-24-6-4-5-7-25(24)35-26-17-33-28-21(27(26)30)12-13-23-22(28)16-29(18-34-23)15-14-19-8-10-20(31-2)11-9-19/h4-13,17H,3,14-16,18H2,1-2H3. The van der Waals surface area contributed by atoms with E-state index in [1.165, 1.54) is 11.8 Å². The molecule has 1 aromatic heterocycles. The molecule has 0 aliphatic carbocycles. The average Bonchev–Trinajstić information content (AvgIpc) is 2.90. The van der Waals surface area contributed by atoms with Gasteiger partial charge in [-0.05, 0) is 55.3 Å². The molecule has 0 saturated carbocycles. The summed E-state index contributed by atoms with van der Waals surface area (Å²) in [6, 6.07) is 18.9. The van der Waals surface area contributed by atoms with Crippen molar-refractivity contribution in [2.45, 2.75) is 19.9 Å². The van der Waals surface area contributed by atoms with Gasteiger partial charge in [-0.1, -0.05) is 24.3 Å². The maximum Gasteiger partial charge on any atom is 0.235 e. The molecule has 1 aliphatic rings. The molecule has 5 rings (SSSR count). The number of methoxy groups -OCH3 is 1. The van der Waals surface area contributed by atoms with Crippen LogP contribution in [-0.4, -0.2) is 31.9 Å². The summed E-state index contributed by atoms with van der Waals surface area (Å²) in [5, 5.41) is 0.454. The van der Waals surface area contributed by atoms with Gasteiger partial charge in [0.05, 0.1) is 24.7 Å². The molecular formula is C28H27NO6. The fourth-order valence-corrected chi connectivity index (χ4v) is 4.16. The third-order valence-electron chi connectivity index (χ3n) is 6.00. The molecule has 35 heavy (non-hydrogen) atoms. The molecule has 0 fully saturated rings. The number of hydrogen-bond donors (Lipinski definition) is 0. The van der Waals surface area contributed by atoms with Gasteiger partial charge < -0.3 is 23.4 Å². The zero-order valence-electron chi connectivity index (χ0n) is 19.8. The van der Waals surface area contributed by atoms with Gasteiger partial charge in [-0.3, -0.25) is 9.69 Å². The number of rotatable bonds is 8. The largest absolute Gasteiger partial charge is 0.497 e. The monoisotopic (exact) mass is 473 g/mol. The van der Waals surface area contributed by atoms with Crippen molar-refractivity contribution in [1.82, 2.24) is 4.90 Å². The summed E-state index contributed by atoms with van der Waals surface area (Å²) in [6.45, 7) is 4.30. The van der Waals surface area contributed by atoms with Gasteiger partial charge in [0.25, 0.3) is 0 Å². The van der Waals surface area contributed by atoms with Gasteiger partial charge in [-0.25, -0.2) is 0 Å². The van der Waals surface area contributed by atoms with Gasteiger partial charge in [0, 0.05) is 13.1 Å². The van der Waals surface area contributed by atoms with E-state index in [0.717, 1.165) is 30.0 Å². The predicted octanol–water partition coefficient (Wildman–Crippen LogP) is 5.39. The van der Waals surface area contributed by atoms with Gasteiger partial charge in [0.15, 0.2) is 11.5 Å². The maximum absolute atomic E-state index is 13.2. The average molecular weight is 474 g/mol. The van der Waals surface area contributed by atoms with Crippen molar-refractivity contribution in [3.8, 4) is 28.7 Å². The third-order valence-corrected chi connectivity index (χ3v) is 6.00. The lowest BCUT2D eigenvalue weighted by molar-refractivity contribution is 0.0968. The van der Waals surface area contributed by atoms with E-state index in [1.54, 1.807) is 25.3 Å². The summed E-state index contributed by atoms with van der Waals surface area (Å²) < 4.78 is 28.6. The van der Waals surface area contributed by atoms with Crippen molar-refractivity contribution >= 4 is 11.0 Å². The topological polar surface area (TPSA) is 70.4 Å². The fraction of sp³-hybridized carbons (Fsp3) is 0.250. The minimum absolute atomic E-state index is 0.109. The van der Waals surface area contributed by atoms with E-state index < -0.39 is 0 Å². The van der Waals surface area contributed by atoms with Crippen LogP contribution >= 0.6 is 0 Å². The number of para-hydroxylation sites is 2. The highest BCUT2D eigenvalue weighted by Crippen LogP contribution is 2.34. The van der Waals surface area contributed by atoms with E-state index >= 15 is 0 Å². The molecule has 0 N–H and O–H groups in total. The first kappa shape index (κ1) is 22.8. The summed E-state index contributed by atoms with van der Waals surface area (Å²) in [5.41, 5.74) is 2.36. The second kappa shape index (κ2) is 10.1. The van der Waals surface area contributed by atoms with Gasteiger partial charge in [-0.15, -0.1) is 0 Å². The Labute approximate surface area is 203 Å². The molecular weight excluding hydrogens is 446 g/mol. The van der Waals surface area contributed by atoms with Gasteiger partial charge in [-0.2, -0.15) is 0 Å². The lowest BCUT2D eigenvalue weighted by Gasteiger charge is -2.29. The zero-order valence-corrected chi connectivity index (χ0v) is 19.8. The second-order valence-corrected chi connectivity index (χ2v) is 8.25. The number of hydrogen-bond acceptors (Lipinski definition) is 7. The Kier molecular flexibility index (Phi) is 6.59. The van der Waals surface area contributed by atoms with E-state index in [2.05, 4.69) is 17.0 Å². The van der Waals surface area contributed by atoms with Crippen molar-refractivity contribution in [2.75, 3.05) is 27.0 Å². The first-order chi connectivity index (χ1) is 17.2. The van der Waals surface area contributed by atoms with Crippen LogP contribution < -0.4 is 24.4 Å². The summed E-state index contributed by atoms with van der Waals surface area (Å²) in [4.78, 5) is 15.4. The Morgan fingerprint density at radius 2 is 1.77 bits per heavy atom. The van der Waals surface area contributed by atoms with Crippen molar-refractivity contribution in [1.29, 1.82) is 0 Å². The summed E-state index contributed by atoms with van der Waals surface area (Å²) >= 11 is 0. The molecule has 7 nitrogen and oxygen atoms in total. The van der Waals surface area contributed by atoms with E-state index in [1.807, 2.05) is 37.3 Å². The summed E-state index contributed by atoms with van der Waals surface area (Å²) in [6.07, 6.45) is 2.23. The molecule has 4 aromatic rings. The summed E-state index contributed by atoms with van der Waals surface area (Å²) in [5.74, 6) is 2.72. The molecule has 0 bridgehead atoms. The Bertz CT molecular complexity index is 1380. The Hall–Kier alpha value is -3.97. The molecule has 3 aromatic carbocycles. The lowest BCUT2D eigenvalue weighted by atomic mass is 10.1. The van der Waals surface area contributed by atoms with Crippen LogP contribution in [0.2, 0.25) is 0 Å². The van der Waals surface area contributed by atoms with Crippen LogP contribution in [-0.2, 0) is 13.0 Å². The Balaban J connectivity index is 1.37. The van der Waals surface area contributed by atoms with Gasteiger partial charge in [0.1, 0.15) is 30.1 Å². The minimum atomic E-state index is -0.240. The van der Waals surface area contributed by atoms with Crippen LogP contribution in [0, 0.1) is 0 Å². The van der Waals surface area contributed by atoms with Crippen LogP contribution in [0.15, 0.2) is 76.1 Å². The second-order valence-electron chi connectivity index (χ2n) is 8.25. The Morgan fingerprint density at radius 1 is 0.971 bits per heavy atom. The van der Waals surface area contributed by atoms with E-state index in [9.17, 15) is 4.79 Å². The van der Waals surface area contributed by atoms with E-state index in [0.29, 0.717) is 42.4 Å². The zero-order chi connectivity index (χ0) is 24.2. The quantitative estimate of drug-likeness (QED) is 0.340. The summed E-state index contributed by atoms with van der Waals surface area (Å²) in [7, 11) is 1.66.